The number of H-pyrrole nitrogens is 1. The van der Waals surface area contributed by atoms with Gasteiger partial charge in [-0.05, 0) is 36.2 Å². The van der Waals surface area contributed by atoms with E-state index in [-0.39, 0.29) is 5.91 Å². The minimum absolute atomic E-state index is 0.261. The number of aromatic amines is 1. The Morgan fingerprint density at radius 2 is 2.04 bits per heavy atom. The largest absolute Gasteiger partial charge is 0.497 e. The molecule has 0 atom stereocenters. The minimum atomic E-state index is -0.261. The highest BCUT2D eigenvalue weighted by Gasteiger charge is 2.06. The number of fused-ring (bicyclic) bond motifs is 1. The topological polar surface area (TPSA) is 66.5 Å². The fourth-order valence-electron chi connectivity index (χ4n) is 2.61. The molecule has 24 heavy (non-hydrogen) atoms. The predicted octanol–water partition coefficient (Wildman–Crippen LogP) is 3.50. The third-order valence-electron chi connectivity index (χ3n) is 3.94. The van der Waals surface area contributed by atoms with Gasteiger partial charge in [-0.25, -0.2) is 5.43 Å². The molecule has 3 aromatic rings. The zero-order valence-corrected chi connectivity index (χ0v) is 13.7. The van der Waals surface area contributed by atoms with Gasteiger partial charge in [-0.1, -0.05) is 25.1 Å². The van der Waals surface area contributed by atoms with Crippen LogP contribution in [-0.2, 0) is 6.42 Å². The summed E-state index contributed by atoms with van der Waals surface area (Å²) < 4.78 is 5.07. The van der Waals surface area contributed by atoms with E-state index in [1.807, 2.05) is 18.3 Å². The highest BCUT2D eigenvalue weighted by molar-refractivity contribution is 6.01. The zero-order chi connectivity index (χ0) is 16.9. The number of ether oxygens (including phenoxy) is 1. The zero-order valence-electron chi connectivity index (χ0n) is 13.7. The van der Waals surface area contributed by atoms with Gasteiger partial charge in [0.1, 0.15) is 5.75 Å². The summed E-state index contributed by atoms with van der Waals surface area (Å²) in [7, 11) is 1.59. The lowest BCUT2D eigenvalue weighted by atomic mass is 10.1. The van der Waals surface area contributed by atoms with Crippen molar-refractivity contribution in [1.29, 1.82) is 0 Å². The van der Waals surface area contributed by atoms with Crippen LogP contribution in [0.1, 0.15) is 28.4 Å². The van der Waals surface area contributed by atoms with Crippen molar-refractivity contribution in [2.75, 3.05) is 7.11 Å². The fourth-order valence-corrected chi connectivity index (χ4v) is 2.61. The van der Waals surface area contributed by atoms with Gasteiger partial charge >= 0.3 is 0 Å². The van der Waals surface area contributed by atoms with Crippen molar-refractivity contribution in [2.45, 2.75) is 13.3 Å². The van der Waals surface area contributed by atoms with Crippen molar-refractivity contribution in [1.82, 2.24) is 10.4 Å². The van der Waals surface area contributed by atoms with E-state index in [1.165, 1.54) is 5.56 Å². The molecule has 1 amide bonds. The highest BCUT2D eigenvalue weighted by Crippen LogP contribution is 2.21. The number of para-hydroxylation sites is 1. The van der Waals surface area contributed by atoms with E-state index >= 15 is 0 Å². The van der Waals surface area contributed by atoms with E-state index in [9.17, 15) is 4.79 Å². The number of amides is 1. The molecule has 1 heterocycles. The number of nitrogens with one attached hydrogen (secondary N) is 2. The second-order valence-corrected chi connectivity index (χ2v) is 5.36. The molecule has 3 rings (SSSR count). The van der Waals surface area contributed by atoms with Crippen molar-refractivity contribution in [3.63, 3.8) is 0 Å². The standard InChI is InChI=1S/C19H19N3O2/c1-3-13-5-4-6-17-15(11-20-18(13)17)12-21-22-19(23)14-7-9-16(24-2)10-8-14/h4-12,20H,3H2,1-2H3,(H,22,23)/b21-12+. The van der Waals surface area contributed by atoms with Crippen molar-refractivity contribution in [3.8, 4) is 5.75 Å². The Morgan fingerprint density at radius 3 is 2.75 bits per heavy atom. The Morgan fingerprint density at radius 1 is 1.25 bits per heavy atom. The fraction of sp³-hybridized carbons (Fsp3) is 0.158. The van der Waals surface area contributed by atoms with Crippen molar-refractivity contribution in [2.24, 2.45) is 5.10 Å². The first kappa shape index (κ1) is 15.8. The summed E-state index contributed by atoms with van der Waals surface area (Å²) in [5.41, 5.74) is 6.38. The molecule has 1 aromatic heterocycles. The summed E-state index contributed by atoms with van der Waals surface area (Å²) >= 11 is 0. The van der Waals surface area contributed by atoms with Crippen LogP contribution in [0.4, 0.5) is 0 Å². The second-order valence-electron chi connectivity index (χ2n) is 5.36. The second kappa shape index (κ2) is 7.00. The van der Waals surface area contributed by atoms with Crippen LogP contribution in [0.3, 0.4) is 0 Å². The summed E-state index contributed by atoms with van der Waals surface area (Å²) in [6.07, 6.45) is 4.51. The summed E-state index contributed by atoms with van der Waals surface area (Å²) in [4.78, 5) is 15.3. The average molecular weight is 321 g/mol. The molecule has 0 fully saturated rings. The van der Waals surface area contributed by atoms with Gasteiger partial charge in [-0.3, -0.25) is 4.79 Å². The number of rotatable bonds is 5. The molecule has 0 aliphatic carbocycles. The molecule has 5 nitrogen and oxygen atoms in total. The van der Waals surface area contributed by atoms with Gasteiger partial charge in [0, 0.05) is 28.2 Å². The molecule has 0 spiro atoms. The van der Waals surface area contributed by atoms with Crippen LogP contribution >= 0.6 is 0 Å². The smallest absolute Gasteiger partial charge is 0.271 e. The third-order valence-corrected chi connectivity index (χ3v) is 3.94. The Labute approximate surface area is 140 Å². The van der Waals surface area contributed by atoms with Crippen LogP contribution in [0.25, 0.3) is 10.9 Å². The molecule has 0 unspecified atom stereocenters. The first-order valence-corrected chi connectivity index (χ1v) is 7.79. The molecule has 0 saturated carbocycles. The molecule has 5 heteroatoms. The van der Waals surface area contributed by atoms with E-state index in [2.05, 4.69) is 28.5 Å². The highest BCUT2D eigenvalue weighted by atomic mass is 16.5. The van der Waals surface area contributed by atoms with Crippen LogP contribution < -0.4 is 10.2 Å². The number of benzene rings is 2. The monoisotopic (exact) mass is 321 g/mol. The number of hydrogen-bond donors (Lipinski definition) is 2. The summed E-state index contributed by atoms with van der Waals surface area (Å²) in [5, 5.41) is 5.16. The van der Waals surface area contributed by atoms with E-state index < -0.39 is 0 Å². The van der Waals surface area contributed by atoms with Gasteiger partial charge in [-0.15, -0.1) is 0 Å². The number of nitrogens with zero attached hydrogens (tertiary/aromatic N) is 1. The number of methoxy groups -OCH3 is 1. The molecule has 2 aromatic carbocycles. The number of aryl methyl sites for hydroxylation is 1. The van der Waals surface area contributed by atoms with Gasteiger partial charge in [0.05, 0.1) is 13.3 Å². The third kappa shape index (κ3) is 3.15. The van der Waals surface area contributed by atoms with Gasteiger partial charge in [0.15, 0.2) is 0 Å². The molecule has 0 bridgehead atoms. The van der Waals surface area contributed by atoms with Gasteiger partial charge < -0.3 is 9.72 Å². The van der Waals surface area contributed by atoms with Crippen molar-refractivity contribution >= 4 is 23.0 Å². The maximum absolute atomic E-state index is 12.1. The lowest BCUT2D eigenvalue weighted by Crippen LogP contribution is -2.17. The Hall–Kier alpha value is -3.08. The predicted molar refractivity (Wildman–Crippen MR) is 95.7 cm³/mol. The lowest BCUT2D eigenvalue weighted by molar-refractivity contribution is 0.0955. The molecule has 122 valence electrons. The Balaban J connectivity index is 1.73. The number of hydrogen-bond acceptors (Lipinski definition) is 3. The van der Waals surface area contributed by atoms with Gasteiger partial charge in [0.25, 0.3) is 5.91 Å². The quantitative estimate of drug-likeness (QED) is 0.558. The molecular formula is C19H19N3O2. The molecular weight excluding hydrogens is 302 g/mol. The minimum Gasteiger partial charge on any atom is -0.497 e. The first-order chi connectivity index (χ1) is 11.7. The number of carbonyl (C=O) groups is 1. The van der Waals surface area contributed by atoms with Crippen molar-refractivity contribution < 1.29 is 9.53 Å². The van der Waals surface area contributed by atoms with Gasteiger partial charge in [-0.2, -0.15) is 5.10 Å². The van der Waals surface area contributed by atoms with Crippen LogP contribution in [0.15, 0.2) is 53.8 Å². The molecule has 0 radical (unpaired) electrons. The Bertz CT molecular complexity index is 879. The van der Waals surface area contributed by atoms with Gasteiger partial charge in [0.2, 0.25) is 0 Å². The van der Waals surface area contributed by atoms with E-state index in [1.54, 1.807) is 37.6 Å². The van der Waals surface area contributed by atoms with Crippen LogP contribution in [0.2, 0.25) is 0 Å². The SMILES string of the molecule is CCc1cccc2c(/C=N/NC(=O)c3ccc(OC)cc3)c[nH]c12. The summed E-state index contributed by atoms with van der Waals surface area (Å²) in [5.74, 6) is 0.448. The Kier molecular flexibility index (Phi) is 4.61. The molecule has 2 N–H and O–H groups in total. The number of hydrazone groups is 1. The van der Waals surface area contributed by atoms with Crippen LogP contribution in [0.5, 0.6) is 5.75 Å². The average Bonchev–Trinajstić information content (AvgIpc) is 3.05. The van der Waals surface area contributed by atoms with Crippen molar-refractivity contribution in [3.05, 3.63) is 65.4 Å². The maximum atomic E-state index is 12.1. The maximum Gasteiger partial charge on any atom is 0.271 e. The normalized spacial score (nSPS) is 11.1. The molecule has 0 saturated heterocycles. The number of aromatic nitrogens is 1. The summed E-state index contributed by atoms with van der Waals surface area (Å²) in [6, 6.07) is 13.0. The van der Waals surface area contributed by atoms with Crippen LogP contribution in [0, 0.1) is 0 Å². The van der Waals surface area contributed by atoms with E-state index in [0.29, 0.717) is 11.3 Å². The molecule has 0 aliphatic heterocycles. The van der Waals surface area contributed by atoms with Crippen LogP contribution in [-0.4, -0.2) is 24.2 Å². The first-order valence-electron chi connectivity index (χ1n) is 7.79. The van der Waals surface area contributed by atoms with E-state index in [4.69, 9.17) is 4.74 Å². The van der Waals surface area contributed by atoms with E-state index in [0.717, 1.165) is 22.9 Å². The number of carbonyl (C=O) groups excluding carboxylic acids is 1. The summed E-state index contributed by atoms with van der Waals surface area (Å²) in [6.45, 7) is 2.12. The molecule has 0 aliphatic rings. The lowest BCUT2D eigenvalue weighted by Gasteiger charge is -2.02.